The Morgan fingerprint density at radius 2 is 1.54 bits per heavy atom. The number of benzene rings is 3. The molecule has 39 heavy (non-hydrogen) atoms. The second-order valence-electron chi connectivity index (χ2n) is 9.84. The van der Waals surface area contributed by atoms with Gasteiger partial charge >= 0.3 is 0 Å². The van der Waals surface area contributed by atoms with E-state index >= 15 is 0 Å². The van der Waals surface area contributed by atoms with Gasteiger partial charge in [-0.15, -0.1) is 24.8 Å². The molecule has 6 rings (SSSR count). The van der Waals surface area contributed by atoms with Gasteiger partial charge in [-0.1, -0.05) is 36.4 Å². The summed E-state index contributed by atoms with van der Waals surface area (Å²) in [5.41, 5.74) is 4.83. The molecule has 0 atom stereocenters. The highest BCUT2D eigenvalue weighted by molar-refractivity contribution is 6.39. The van der Waals surface area contributed by atoms with Crippen molar-refractivity contribution in [3.8, 4) is 0 Å². The highest BCUT2D eigenvalue weighted by Crippen LogP contribution is 2.44. The van der Waals surface area contributed by atoms with Gasteiger partial charge in [-0.2, -0.15) is 0 Å². The van der Waals surface area contributed by atoms with Gasteiger partial charge in [0.2, 0.25) is 0 Å². The number of nitrogens with one attached hydrogen (secondary N) is 2. The Kier molecular flexibility index (Phi) is 8.54. The fourth-order valence-electron chi connectivity index (χ4n) is 5.60. The molecule has 0 saturated carbocycles. The summed E-state index contributed by atoms with van der Waals surface area (Å²) in [5.74, 6) is -0.432. The third-order valence-electron chi connectivity index (χ3n) is 7.31. The van der Waals surface area contributed by atoms with E-state index in [1.165, 1.54) is 4.90 Å². The number of fused-ring (bicyclic) bond motifs is 10. The van der Waals surface area contributed by atoms with Crippen molar-refractivity contribution >= 4 is 80.2 Å². The smallest absolute Gasteiger partial charge is 0.262 e. The number of nitrogens with zero attached hydrogens (tertiary/aromatic N) is 3. The minimum Gasteiger partial charge on any atom is -0.378 e. The normalized spacial score (nSPS) is 13.2. The molecular formula is C29H33Cl2N5O3. The maximum atomic E-state index is 14.0. The molecule has 0 spiro atoms. The third-order valence-corrected chi connectivity index (χ3v) is 7.31. The monoisotopic (exact) mass is 569 g/mol. The van der Waals surface area contributed by atoms with Crippen LogP contribution in [-0.2, 0) is 11.3 Å². The Morgan fingerprint density at radius 1 is 0.872 bits per heavy atom. The molecule has 1 aliphatic heterocycles. The standard InChI is InChI=1S/C29H31N5O3.2ClH/c1-30-12-16-37-17-15-33-21-11-7-5-9-19(21)23-25-24(28(35)34(29(25)36)14-13-32(2)3)22-18-8-4-6-10-20(18)31-26(22)27(23)33;;/h4-11,30-31H,12-17H2,1-3H3;2*1H. The molecule has 2 N–H and O–H groups in total. The summed E-state index contributed by atoms with van der Waals surface area (Å²) in [6, 6.07) is 16.1. The van der Waals surface area contributed by atoms with Crippen molar-refractivity contribution in [1.82, 2.24) is 24.7 Å². The number of likely N-dealkylation sites (N-methyl/N-ethyl adjacent to an activating group) is 2. The highest BCUT2D eigenvalue weighted by Gasteiger charge is 2.41. The minimum atomic E-state index is -0.217. The van der Waals surface area contributed by atoms with E-state index in [1.54, 1.807) is 0 Å². The van der Waals surface area contributed by atoms with Gasteiger partial charge in [0, 0.05) is 58.8 Å². The van der Waals surface area contributed by atoms with E-state index < -0.39 is 0 Å². The Hall–Kier alpha value is -3.14. The molecule has 0 fully saturated rings. The molecule has 1 aliphatic rings. The minimum absolute atomic E-state index is 0. The third kappa shape index (κ3) is 4.56. The summed E-state index contributed by atoms with van der Waals surface area (Å²) in [5, 5.41) is 6.69. The van der Waals surface area contributed by atoms with Gasteiger partial charge in [-0.05, 0) is 33.3 Å². The molecule has 0 unspecified atom stereocenters. The maximum absolute atomic E-state index is 14.0. The van der Waals surface area contributed by atoms with Gasteiger partial charge in [0.1, 0.15) is 0 Å². The van der Waals surface area contributed by atoms with Crippen molar-refractivity contribution in [2.24, 2.45) is 0 Å². The number of carbonyl (C=O) groups excluding carboxylic acids is 2. The first-order valence-corrected chi connectivity index (χ1v) is 12.7. The number of carbonyl (C=O) groups is 2. The molecule has 3 heterocycles. The SMILES string of the molecule is CNCCOCCn1c2ccccc2c2c3c(c4c5ccccc5[nH]c4c21)C(=O)N(CCN(C)C)C3=O.Cl.Cl. The average Bonchev–Trinajstić information content (AvgIpc) is 3.51. The lowest BCUT2D eigenvalue weighted by Crippen LogP contribution is -2.35. The van der Waals surface area contributed by atoms with E-state index in [-0.39, 0.29) is 36.6 Å². The molecule has 3 aromatic carbocycles. The van der Waals surface area contributed by atoms with Gasteiger partial charge in [0.15, 0.2) is 0 Å². The highest BCUT2D eigenvalue weighted by atomic mass is 35.5. The van der Waals surface area contributed by atoms with Crippen LogP contribution in [0.4, 0.5) is 0 Å². The first-order valence-electron chi connectivity index (χ1n) is 12.7. The van der Waals surface area contributed by atoms with E-state index in [4.69, 9.17) is 4.74 Å². The topological polar surface area (TPSA) is 82.6 Å². The van der Waals surface area contributed by atoms with E-state index in [9.17, 15) is 9.59 Å². The van der Waals surface area contributed by atoms with E-state index in [1.807, 2.05) is 68.5 Å². The summed E-state index contributed by atoms with van der Waals surface area (Å²) < 4.78 is 8.13. The lowest BCUT2D eigenvalue weighted by Gasteiger charge is -2.16. The molecule has 2 amide bonds. The van der Waals surface area contributed by atoms with Crippen molar-refractivity contribution in [3.05, 3.63) is 59.7 Å². The lowest BCUT2D eigenvalue weighted by atomic mass is 9.97. The van der Waals surface area contributed by atoms with E-state index in [0.717, 1.165) is 50.2 Å². The van der Waals surface area contributed by atoms with Crippen LogP contribution in [0.2, 0.25) is 0 Å². The predicted molar refractivity (Wildman–Crippen MR) is 162 cm³/mol. The van der Waals surface area contributed by atoms with Crippen LogP contribution in [0.5, 0.6) is 0 Å². The van der Waals surface area contributed by atoms with Crippen molar-refractivity contribution in [2.75, 3.05) is 54.0 Å². The number of para-hydroxylation sites is 2. The summed E-state index contributed by atoms with van der Waals surface area (Å²) in [6.45, 7) is 3.53. The number of aromatic nitrogens is 2. The number of amides is 2. The number of imide groups is 1. The first kappa shape index (κ1) is 28.9. The molecule has 206 valence electrons. The fourth-order valence-corrected chi connectivity index (χ4v) is 5.60. The average molecular weight is 571 g/mol. The zero-order valence-electron chi connectivity index (χ0n) is 22.2. The van der Waals surface area contributed by atoms with Gasteiger partial charge < -0.3 is 24.5 Å². The predicted octanol–water partition coefficient (Wildman–Crippen LogP) is 4.67. The fraction of sp³-hybridized carbons (Fsp3) is 0.310. The Bertz CT molecular complexity index is 1690. The van der Waals surface area contributed by atoms with Crippen LogP contribution in [0, 0.1) is 0 Å². The van der Waals surface area contributed by atoms with Crippen LogP contribution in [0.1, 0.15) is 20.7 Å². The number of hydrogen-bond donors (Lipinski definition) is 2. The second-order valence-corrected chi connectivity index (χ2v) is 9.84. The quantitative estimate of drug-likeness (QED) is 0.199. The molecule has 5 aromatic rings. The van der Waals surface area contributed by atoms with E-state index in [0.29, 0.717) is 44.0 Å². The largest absolute Gasteiger partial charge is 0.378 e. The van der Waals surface area contributed by atoms with Crippen LogP contribution >= 0.6 is 24.8 Å². The summed E-state index contributed by atoms with van der Waals surface area (Å²) in [7, 11) is 5.80. The summed E-state index contributed by atoms with van der Waals surface area (Å²) in [4.78, 5) is 34.8. The Balaban J connectivity index is 0.00000176. The Morgan fingerprint density at radius 3 is 2.26 bits per heavy atom. The van der Waals surface area contributed by atoms with Crippen LogP contribution < -0.4 is 5.32 Å². The molecule has 8 nitrogen and oxygen atoms in total. The molecule has 2 aromatic heterocycles. The van der Waals surface area contributed by atoms with Gasteiger partial charge in [-0.3, -0.25) is 14.5 Å². The lowest BCUT2D eigenvalue weighted by molar-refractivity contribution is 0.0646. The summed E-state index contributed by atoms with van der Waals surface area (Å²) in [6.07, 6.45) is 0. The number of ether oxygens (including phenoxy) is 1. The number of aromatic amines is 1. The molecule has 0 radical (unpaired) electrons. The van der Waals surface area contributed by atoms with Crippen LogP contribution in [0.15, 0.2) is 48.5 Å². The van der Waals surface area contributed by atoms with E-state index in [2.05, 4.69) is 20.9 Å². The molecule has 0 aliphatic carbocycles. The number of H-pyrrole nitrogens is 1. The van der Waals surface area contributed by atoms with Crippen molar-refractivity contribution in [2.45, 2.75) is 6.54 Å². The summed E-state index contributed by atoms with van der Waals surface area (Å²) >= 11 is 0. The van der Waals surface area contributed by atoms with Gasteiger partial charge in [0.05, 0.1) is 35.4 Å². The van der Waals surface area contributed by atoms with Gasteiger partial charge in [-0.25, -0.2) is 0 Å². The first-order chi connectivity index (χ1) is 18.0. The number of hydrogen-bond acceptors (Lipinski definition) is 5. The molecular weight excluding hydrogens is 537 g/mol. The van der Waals surface area contributed by atoms with Crippen LogP contribution in [0.25, 0.3) is 43.6 Å². The maximum Gasteiger partial charge on any atom is 0.262 e. The zero-order chi connectivity index (χ0) is 25.7. The van der Waals surface area contributed by atoms with Crippen LogP contribution in [-0.4, -0.2) is 85.2 Å². The number of halogens is 2. The van der Waals surface area contributed by atoms with Crippen molar-refractivity contribution in [1.29, 1.82) is 0 Å². The van der Waals surface area contributed by atoms with Crippen molar-refractivity contribution < 1.29 is 14.3 Å². The van der Waals surface area contributed by atoms with Gasteiger partial charge in [0.25, 0.3) is 11.8 Å². The molecule has 0 saturated heterocycles. The number of rotatable bonds is 9. The second kappa shape index (κ2) is 11.5. The molecule has 0 bridgehead atoms. The van der Waals surface area contributed by atoms with Crippen LogP contribution in [0.3, 0.4) is 0 Å². The Labute approximate surface area is 239 Å². The van der Waals surface area contributed by atoms with Crippen molar-refractivity contribution in [3.63, 3.8) is 0 Å². The molecule has 10 heteroatoms. The zero-order valence-corrected chi connectivity index (χ0v) is 23.9.